The summed E-state index contributed by atoms with van der Waals surface area (Å²) in [5, 5.41) is 8.04. The van der Waals surface area contributed by atoms with Crippen molar-refractivity contribution in [3.05, 3.63) is 11.6 Å². The van der Waals surface area contributed by atoms with Crippen LogP contribution in [0.5, 0.6) is 0 Å². The van der Waals surface area contributed by atoms with E-state index in [0.717, 1.165) is 24.6 Å². The van der Waals surface area contributed by atoms with E-state index in [1.807, 2.05) is 11.5 Å². The van der Waals surface area contributed by atoms with E-state index in [9.17, 15) is 4.79 Å². The molecular formula is C14H23N3O2. The number of ether oxygens (including phenoxy) is 1. The summed E-state index contributed by atoms with van der Waals surface area (Å²) in [6, 6.07) is 0.320. The van der Waals surface area contributed by atoms with Gasteiger partial charge in [0.05, 0.1) is 6.61 Å². The maximum absolute atomic E-state index is 11.9. The number of carbonyl (C=O) groups excluding carboxylic acids is 1. The highest BCUT2D eigenvalue weighted by Gasteiger charge is 2.30. The molecule has 1 aliphatic carbocycles. The van der Waals surface area contributed by atoms with Crippen LogP contribution in [0.4, 0.5) is 0 Å². The first kappa shape index (κ1) is 14.0. The van der Waals surface area contributed by atoms with Gasteiger partial charge in [0, 0.05) is 6.04 Å². The highest BCUT2D eigenvalue weighted by Crippen LogP contribution is 2.37. The van der Waals surface area contributed by atoms with Crippen molar-refractivity contribution in [1.29, 1.82) is 0 Å². The number of carbonyl (C=O) groups is 1. The second-order valence-electron chi connectivity index (χ2n) is 5.58. The lowest BCUT2D eigenvalue weighted by Crippen LogP contribution is -2.26. The number of aromatic nitrogens is 3. The topological polar surface area (TPSA) is 57.0 Å². The summed E-state index contributed by atoms with van der Waals surface area (Å²) in [5.74, 6) is 2.20. The Morgan fingerprint density at radius 3 is 2.68 bits per heavy atom. The summed E-state index contributed by atoms with van der Waals surface area (Å²) in [6.45, 7) is 8.64. The number of aryl methyl sites for hydroxylation is 1. The highest BCUT2D eigenvalue weighted by atomic mass is 16.5. The first-order valence-corrected chi connectivity index (χ1v) is 7.13. The SMILES string of the molecule is CCOC(=O)c1nnc(C)n1C1CCC(C)C(C)C1. The molecule has 1 heterocycles. The Kier molecular flexibility index (Phi) is 4.22. The number of rotatable bonds is 3. The molecule has 0 spiro atoms. The second kappa shape index (κ2) is 5.72. The zero-order valence-corrected chi connectivity index (χ0v) is 12.2. The van der Waals surface area contributed by atoms with E-state index < -0.39 is 0 Å². The molecular weight excluding hydrogens is 242 g/mol. The summed E-state index contributed by atoms with van der Waals surface area (Å²) < 4.78 is 7.03. The zero-order valence-electron chi connectivity index (χ0n) is 12.2. The fourth-order valence-corrected chi connectivity index (χ4v) is 2.89. The van der Waals surface area contributed by atoms with Crippen LogP contribution in [-0.4, -0.2) is 27.3 Å². The lowest BCUT2D eigenvalue weighted by atomic mass is 9.79. The fourth-order valence-electron chi connectivity index (χ4n) is 2.89. The monoisotopic (exact) mass is 265 g/mol. The van der Waals surface area contributed by atoms with Gasteiger partial charge in [0.1, 0.15) is 5.82 Å². The van der Waals surface area contributed by atoms with Crippen LogP contribution in [0.15, 0.2) is 0 Å². The third kappa shape index (κ3) is 2.80. The molecule has 0 amide bonds. The first-order valence-electron chi connectivity index (χ1n) is 7.13. The molecule has 0 aromatic carbocycles. The normalized spacial score (nSPS) is 27.3. The lowest BCUT2D eigenvalue weighted by molar-refractivity contribution is 0.0498. The van der Waals surface area contributed by atoms with Gasteiger partial charge in [-0.1, -0.05) is 13.8 Å². The van der Waals surface area contributed by atoms with Crippen molar-refractivity contribution in [3.8, 4) is 0 Å². The van der Waals surface area contributed by atoms with Crippen LogP contribution in [0.25, 0.3) is 0 Å². The van der Waals surface area contributed by atoms with Gasteiger partial charge < -0.3 is 9.30 Å². The molecule has 1 saturated carbocycles. The Labute approximate surface area is 114 Å². The van der Waals surface area contributed by atoms with E-state index in [2.05, 4.69) is 24.0 Å². The molecule has 0 bridgehead atoms. The predicted molar refractivity (Wildman–Crippen MR) is 71.9 cm³/mol. The van der Waals surface area contributed by atoms with Crippen LogP contribution in [0.2, 0.25) is 0 Å². The van der Waals surface area contributed by atoms with Gasteiger partial charge in [-0.3, -0.25) is 0 Å². The van der Waals surface area contributed by atoms with Crippen molar-refractivity contribution >= 4 is 5.97 Å². The van der Waals surface area contributed by atoms with Gasteiger partial charge in [-0.2, -0.15) is 0 Å². The van der Waals surface area contributed by atoms with Crippen LogP contribution < -0.4 is 0 Å². The van der Waals surface area contributed by atoms with Crippen molar-refractivity contribution in [2.75, 3.05) is 6.61 Å². The molecule has 0 N–H and O–H groups in total. The first-order chi connectivity index (χ1) is 9.04. The van der Waals surface area contributed by atoms with Gasteiger partial charge in [0.2, 0.25) is 5.82 Å². The standard InChI is InChI=1S/C14H23N3O2/c1-5-19-14(18)13-16-15-11(4)17(13)12-7-6-9(2)10(3)8-12/h9-10,12H,5-8H2,1-4H3. The number of hydrogen-bond donors (Lipinski definition) is 0. The minimum absolute atomic E-state index is 0.320. The molecule has 1 aromatic rings. The molecule has 0 radical (unpaired) electrons. The van der Waals surface area contributed by atoms with Gasteiger partial charge in [-0.15, -0.1) is 10.2 Å². The summed E-state index contributed by atoms with van der Waals surface area (Å²) in [5.41, 5.74) is 0. The summed E-state index contributed by atoms with van der Waals surface area (Å²) in [7, 11) is 0. The van der Waals surface area contributed by atoms with Gasteiger partial charge in [0.25, 0.3) is 0 Å². The van der Waals surface area contributed by atoms with E-state index in [-0.39, 0.29) is 5.97 Å². The lowest BCUT2D eigenvalue weighted by Gasteiger charge is -2.33. The van der Waals surface area contributed by atoms with Gasteiger partial charge in [-0.25, -0.2) is 4.79 Å². The van der Waals surface area contributed by atoms with Crippen molar-refractivity contribution in [3.63, 3.8) is 0 Å². The van der Waals surface area contributed by atoms with E-state index in [1.165, 1.54) is 6.42 Å². The molecule has 0 saturated heterocycles. The Hall–Kier alpha value is -1.39. The quantitative estimate of drug-likeness (QED) is 0.788. The van der Waals surface area contributed by atoms with E-state index in [4.69, 9.17) is 4.74 Å². The van der Waals surface area contributed by atoms with Gasteiger partial charge in [0.15, 0.2) is 0 Å². The van der Waals surface area contributed by atoms with Crippen LogP contribution in [0, 0.1) is 18.8 Å². The smallest absolute Gasteiger partial charge is 0.376 e. The maximum Gasteiger partial charge on any atom is 0.376 e. The largest absolute Gasteiger partial charge is 0.460 e. The molecule has 3 unspecified atom stereocenters. The van der Waals surface area contributed by atoms with Crippen LogP contribution in [0.3, 0.4) is 0 Å². The average molecular weight is 265 g/mol. The predicted octanol–water partition coefficient (Wildman–Crippen LogP) is 2.76. The molecule has 1 fully saturated rings. The molecule has 0 aliphatic heterocycles. The van der Waals surface area contributed by atoms with Crippen molar-refractivity contribution in [2.45, 2.75) is 53.0 Å². The molecule has 3 atom stereocenters. The Morgan fingerprint density at radius 1 is 1.32 bits per heavy atom. The minimum atomic E-state index is -0.366. The number of esters is 1. The minimum Gasteiger partial charge on any atom is -0.460 e. The molecule has 5 nitrogen and oxygen atoms in total. The molecule has 5 heteroatoms. The van der Waals surface area contributed by atoms with E-state index >= 15 is 0 Å². The Morgan fingerprint density at radius 2 is 2.05 bits per heavy atom. The Balaban J connectivity index is 2.24. The van der Waals surface area contributed by atoms with Crippen molar-refractivity contribution in [2.24, 2.45) is 11.8 Å². The molecule has 2 rings (SSSR count). The Bertz CT molecular complexity index is 456. The van der Waals surface area contributed by atoms with Crippen molar-refractivity contribution < 1.29 is 9.53 Å². The third-order valence-corrected chi connectivity index (χ3v) is 4.26. The number of nitrogens with zero attached hydrogens (tertiary/aromatic N) is 3. The van der Waals surface area contributed by atoms with E-state index in [1.54, 1.807) is 6.92 Å². The zero-order chi connectivity index (χ0) is 14.0. The summed E-state index contributed by atoms with van der Waals surface area (Å²) >= 11 is 0. The summed E-state index contributed by atoms with van der Waals surface area (Å²) in [6.07, 6.45) is 3.34. The van der Waals surface area contributed by atoms with Crippen molar-refractivity contribution in [1.82, 2.24) is 14.8 Å². The average Bonchev–Trinajstić information content (AvgIpc) is 2.75. The van der Waals surface area contributed by atoms with Crippen LogP contribution in [0.1, 0.15) is 62.5 Å². The molecule has 19 heavy (non-hydrogen) atoms. The molecule has 106 valence electrons. The molecule has 1 aliphatic rings. The third-order valence-electron chi connectivity index (χ3n) is 4.26. The van der Waals surface area contributed by atoms with E-state index in [0.29, 0.717) is 24.4 Å². The molecule has 1 aromatic heterocycles. The van der Waals surface area contributed by atoms with Gasteiger partial charge in [-0.05, 0) is 44.9 Å². The van der Waals surface area contributed by atoms with Crippen LogP contribution in [-0.2, 0) is 4.74 Å². The second-order valence-corrected chi connectivity index (χ2v) is 5.58. The maximum atomic E-state index is 11.9. The van der Waals surface area contributed by atoms with Gasteiger partial charge >= 0.3 is 5.97 Å². The fraction of sp³-hybridized carbons (Fsp3) is 0.786. The number of hydrogen-bond acceptors (Lipinski definition) is 4. The van der Waals surface area contributed by atoms with Crippen LogP contribution >= 0.6 is 0 Å². The summed E-state index contributed by atoms with van der Waals surface area (Å²) in [4.78, 5) is 11.9. The highest BCUT2D eigenvalue weighted by molar-refractivity contribution is 5.85.